The molecule has 3 heterocycles. The van der Waals surface area contributed by atoms with Gasteiger partial charge in [-0.25, -0.2) is 0 Å². The molecule has 0 unspecified atom stereocenters. The Morgan fingerprint density at radius 2 is 2.21 bits per heavy atom. The first-order chi connectivity index (χ1) is 6.93. The lowest BCUT2D eigenvalue weighted by atomic mass is 10.3. The number of pyridine rings is 1. The normalized spacial score (nSPS) is 10.9. The third kappa shape index (κ3) is 1.14. The number of hydrogen-bond donors (Lipinski definition) is 1. The fraction of sp³-hybridized carbons (Fsp3) is 0. The Morgan fingerprint density at radius 1 is 1.21 bits per heavy atom. The molecule has 0 saturated heterocycles. The summed E-state index contributed by atoms with van der Waals surface area (Å²) in [5.74, 6) is 0. The van der Waals surface area contributed by atoms with Gasteiger partial charge in [-0.15, -0.1) is 11.3 Å². The molecule has 0 amide bonds. The Kier molecular flexibility index (Phi) is 1.64. The van der Waals surface area contributed by atoms with Crippen molar-refractivity contribution in [3.63, 3.8) is 0 Å². The maximum atomic E-state index is 4.31. The van der Waals surface area contributed by atoms with E-state index in [-0.39, 0.29) is 0 Å². The van der Waals surface area contributed by atoms with Gasteiger partial charge in [0.25, 0.3) is 0 Å². The molecule has 0 spiro atoms. The van der Waals surface area contributed by atoms with Crippen LogP contribution in [0.1, 0.15) is 0 Å². The standard InChI is InChI=1S/C11H8N2S/c1-3-8(12-5-1)11-7-9-10(14-11)4-2-6-13-9/h1-7,12H. The molecule has 2 nitrogen and oxygen atoms in total. The van der Waals surface area contributed by atoms with Gasteiger partial charge in [0.2, 0.25) is 0 Å². The van der Waals surface area contributed by atoms with Crippen molar-refractivity contribution in [1.82, 2.24) is 9.97 Å². The summed E-state index contributed by atoms with van der Waals surface area (Å²) in [6.45, 7) is 0. The fourth-order valence-electron chi connectivity index (χ4n) is 1.49. The minimum Gasteiger partial charge on any atom is -0.361 e. The summed E-state index contributed by atoms with van der Waals surface area (Å²) in [5, 5.41) is 0. The first-order valence-corrected chi connectivity index (χ1v) is 5.23. The molecule has 0 aliphatic rings. The largest absolute Gasteiger partial charge is 0.361 e. The van der Waals surface area contributed by atoms with Crippen LogP contribution in [0.25, 0.3) is 20.8 Å². The van der Waals surface area contributed by atoms with Crippen molar-refractivity contribution in [1.29, 1.82) is 0 Å². The molecule has 1 N–H and O–H groups in total. The smallest absolute Gasteiger partial charge is 0.0816 e. The number of thiophene rings is 1. The predicted octanol–water partition coefficient (Wildman–Crippen LogP) is 3.29. The van der Waals surface area contributed by atoms with Crippen molar-refractivity contribution in [2.75, 3.05) is 0 Å². The number of aromatic nitrogens is 2. The van der Waals surface area contributed by atoms with Crippen LogP contribution in [0.15, 0.2) is 42.7 Å². The summed E-state index contributed by atoms with van der Waals surface area (Å²) in [5.41, 5.74) is 2.23. The van der Waals surface area contributed by atoms with Crippen molar-refractivity contribution in [2.45, 2.75) is 0 Å². The number of fused-ring (bicyclic) bond motifs is 1. The highest BCUT2D eigenvalue weighted by Crippen LogP contribution is 2.30. The van der Waals surface area contributed by atoms with E-state index in [1.165, 1.54) is 9.58 Å². The third-order valence-electron chi connectivity index (χ3n) is 2.15. The third-order valence-corrected chi connectivity index (χ3v) is 3.27. The van der Waals surface area contributed by atoms with Crippen molar-refractivity contribution in [3.05, 3.63) is 42.7 Å². The molecule has 3 rings (SSSR count). The second-order valence-corrected chi connectivity index (χ2v) is 4.17. The van der Waals surface area contributed by atoms with Crippen LogP contribution in [-0.2, 0) is 0 Å². The van der Waals surface area contributed by atoms with E-state index in [2.05, 4.69) is 28.2 Å². The van der Waals surface area contributed by atoms with Crippen LogP contribution in [0.3, 0.4) is 0 Å². The maximum Gasteiger partial charge on any atom is 0.0816 e. The van der Waals surface area contributed by atoms with Crippen LogP contribution in [0, 0.1) is 0 Å². The van der Waals surface area contributed by atoms with Crippen molar-refractivity contribution < 1.29 is 0 Å². The molecule has 0 fully saturated rings. The summed E-state index contributed by atoms with van der Waals surface area (Å²) in [6.07, 6.45) is 3.76. The summed E-state index contributed by atoms with van der Waals surface area (Å²) in [7, 11) is 0. The van der Waals surface area contributed by atoms with E-state index in [1.807, 2.05) is 24.5 Å². The van der Waals surface area contributed by atoms with E-state index >= 15 is 0 Å². The molecule has 0 aliphatic carbocycles. The molecule has 0 saturated carbocycles. The Labute approximate surface area is 85.2 Å². The van der Waals surface area contributed by atoms with Gasteiger partial charge in [-0.1, -0.05) is 0 Å². The summed E-state index contributed by atoms with van der Waals surface area (Å²) < 4.78 is 1.23. The molecule has 3 aromatic rings. The van der Waals surface area contributed by atoms with Gasteiger partial charge in [-0.05, 0) is 30.3 Å². The number of hydrogen-bond acceptors (Lipinski definition) is 2. The van der Waals surface area contributed by atoms with Gasteiger partial charge < -0.3 is 4.98 Å². The number of aromatic amines is 1. The topological polar surface area (TPSA) is 28.7 Å². The zero-order valence-corrected chi connectivity index (χ0v) is 8.21. The quantitative estimate of drug-likeness (QED) is 0.641. The van der Waals surface area contributed by atoms with Crippen LogP contribution < -0.4 is 0 Å². The summed E-state index contributed by atoms with van der Waals surface area (Å²) in [6, 6.07) is 10.3. The monoisotopic (exact) mass is 200 g/mol. The Morgan fingerprint density at radius 3 is 3.00 bits per heavy atom. The first-order valence-electron chi connectivity index (χ1n) is 4.42. The minimum absolute atomic E-state index is 1.07. The lowest BCUT2D eigenvalue weighted by Crippen LogP contribution is -1.68. The molecule has 0 radical (unpaired) electrons. The van der Waals surface area contributed by atoms with Crippen molar-refractivity contribution >= 4 is 21.6 Å². The molecule has 3 aromatic heterocycles. The highest BCUT2D eigenvalue weighted by molar-refractivity contribution is 7.22. The van der Waals surface area contributed by atoms with Crippen LogP contribution in [-0.4, -0.2) is 9.97 Å². The molecular weight excluding hydrogens is 192 g/mol. The second-order valence-electron chi connectivity index (χ2n) is 3.08. The van der Waals surface area contributed by atoms with Crippen LogP contribution >= 0.6 is 11.3 Å². The number of nitrogens with one attached hydrogen (secondary N) is 1. The molecule has 14 heavy (non-hydrogen) atoms. The van der Waals surface area contributed by atoms with Crippen LogP contribution in [0.2, 0.25) is 0 Å². The first kappa shape index (κ1) is 7.76. The van der Waals surface area contributed by atoms with Gasteiger partial charge >= 0.3 is 0 Å². The van der Waals surface area contributed by atoms with Crippen LogP contribution in [0.5, 0.6) is 0 Å². The molecule has 3 heteroatoms. The average Bonchev–Trinajstić information content (AvgIpc) is 2.86. The summed E-state index contributed by atoms with van der Waals surface area (Å²) >= 11 is 1.76. The lowest BCUT2D eigenvalue weighted by molar-refractivity contribution is 1.41. The number of H-pyrrole nitrogens is 1. The Balaban J connectivity index is 2.24. The number of rotatable bonds is 1. The molecule has 0 bridgehead atoms. The molecular formula is C11H8N2S. The lowest BCUT2D eigenvalue weighted by Gasteiger charge is -1.87. The van der Waals surface area contributed by atoms with Gasteiger partial charge in [0, 0.05) is 12.4 Å². The van der Waals surface area contributed by atoms with Crippen LogP contribution in [0.4, 0.5) is 0 Å². The van der Waals surface area contributed by atoms with E-state index in [0.29, 0.717) is 0 Å². The summed E-state index contributed by atoms with van der Waals surface area (Å²) in [4.78, 5) is 8.74. The van der Waals surface area contributed by atoms with Gasteiger partial charge in [-0.2, -0.15) is 0 Å². The zero-order valence-electron chi connectivity index (χ0n) is 7.40. The fourth-order valence-corrected chi connectivity index (χ4v) is 2.49. The molecule has 0 aliphatic heterocycles. The van der Waals surface area contributed by atoms with Crippen molar-refractivity contribution in [3.8, 4) is 10.6 Å². The van der Waals surface area contributed by atoms with Gasteiger partial charge in [0.05, 0.1) is 20.8 Å². The van der Waals surface area contributed by atoms with E-state index < -0.39 is 0 Å². The van der Waals surface area contributed by atoms with E-state index in [1.54, 1.807) is 11.3 Å². The van der Waals surface area contributed by atoms with E-state index in [0.717, 1.165) is 11.2 Å². The van der Waals surface area contributed by atoms with Gasteiger partial charge in [0.1, 0.15) is 0 Å². The number of nitrogens with zero attached hydrogens (tertiary/aromatic N) is 1. The highest BCUT2D eigenvalue weighted by atomic mass is 32.1. The minimum atomic E-state index is 1.07. The predicted molar refractivity (Wildman–Crippen MR) is 59.4 cm³/mol. The zero-order chi connectivity index (χ0) is 9.38. The Hall–Kier alpha value is -1.61. The van der Waals surface area contributed by atoms with Gasteiger partial charge in [-0.3, -0.25) is 4.98 Å². The molecule has 0 atom stereocenters. The molecule has 68 valence electrons. The Bertz CT molecular complexity index is 518. The molecule has 0 aromatic carbocycles. The van der Waals surface area contributed by atoms with E-state index in [9.17, 15) is 0 Å². The maximum absolute atomic E-state index is 4.31. The second kappa shape index (κ2) is 2.96. The van der Waals surface area contributed by atoms with E-state index in [4.69, 9.17) is 0 Å². The van der Waals surface area contributed by atoms with Gasteiger partial charge in [0.15, 0.2) is 0 Å². The van der Waals surface area contributed by atoms with Crippen molar-refractivity contribution in [2.24, 2.45) is 0 Å². The average molecular weight is 200 g/mol. The highest BCUT2D eigenvalue weighted by Gasteiger charge is 2.04. The SMILES string of the molecule is c1c[nH]c(-c2cc3ncccc3s2)c1.